The maximum Gasteiger partial charge on any atom is 0.347 e. The standard InChI is InChI=1S/C11H18O4Si.C7H14O2Si/c1-8(7-16(2,3)4)10(12)15-9-5-6-14-11(9)13;1-6(7(8)9)5-10(2,3)4/h9H,1,5-7H2,2-4H3;1,5H2,2-4H3,(H,8,9). The van der Waals surface area contributed by atoms with E-state index in [0.717, 1.165) is 0 Å². The van der Waals surface area contributed by atoms with Crippen LogP contribution in [0.3, 0.4) is 0 Å². The minimum Gasteiger partial charge on any atom is -0.478 e. The zero-order chi connectivity index (χ0) is 20.7. The molecule has 0 aliphatic carbocycles. The van der Waals surface area contributed by atoms with Crippen LogP contribution >= 0.6 is 0 Å². The third-order valence-electron chi connectivity index (χ3n) is 3.22. The van der Waals surface area contributed by atoms with Crippen LogP contribution < -0.4 is 0 Å². The lowest BCUT2D eigenvalue weighted by Crippen LogP contribution is -2.27. The maximum absolute atomic E-state index is 11.6. The Kier molecular flexibility index (Phi) is 9.23. The highest BCUT2D eigenvalue weighted by Crippen LogP contribution is 2.18. The Labute approximate surface area is 158 Å². The summed E-state index contributed by atoms with van der Waals surface area (Å²) in [5, 5.41) is 8.47. The molecule has 0 aromatic rings. The van der Waals surface area contributed by atoms with Gasteiger partial charge in [0.25, 0.3) is 0 Å². The van der Waals surface area contributed by atoms with E-state index in [0.29, 0.717) is 36.3 Å². The molecule has 0 spiro atoms. The van der Waals surface area contributed by atoms with Crippen LogP contribution in [0.2, 0.25) is 51.4 Å². The second-order valence-corrected chi connectivity index (χ2v) is 19.8. The third kappa shape index (κ3) is 11.0. The molecule has 1 rings (SSSR count). The first-order chi connectivity index (χ1) is 11.6. The third-order valence-corrected chi connectivity index (χ3v) is 6.19. The van der Waals surface area contributed by atoms with E-state index >= 15 is 0 Å². The van der Waals surface area contributed by atoms with Crippen LogP contribution in [0.15, 0.2) is 24.3 Å². The number of hydrogen-bond donors (Lipinski definition) is 1. The smallest absolute Gasteiger partial charge is 0.347 e. The lowest BCUT2D eigenvalue weighted by atomic mass is 10.3. The number of carboxylic acid groups (broad SMARTS) is 1. The first-order valence-electron chi connectivity index (χ1n) is 8.59. The first-order valence-corrected chi connectivity index (χ1v) is 16.0. The molecule has 0 bridgehead atoms. The van der Waals surface area contributed by atoms with Gasteiger partial charge in [0, 0.05) is 33.7 Å². The second-order valence-electron chi connectivity index (χ2n) is 8.84. The number of carboxylic acids is 1. The molecular formula is C18H32O6Si2. The van der Waals surface area contributed by atoms with Gasteiger partial charge < -0.3 is 14.6 Å². The summed E-state index contributed by atoms with van der Waals surface area (Å²) < 4.78 is 9.75. The predicted octanol–water partition coefficient (Wildman–Crippen LogP) is 3.70. The number of esters is 2. The Morgan fingerprint density at radius 3 is 1.85 bits per heavy atom. The zero-order valence-electron chi connectivity index (χ0n) is 16.8. The van der Waals surface area contributed by atoms with E-state index < -0.39 is 40.2 Å². The van der Waals surface area contributed by atoms with Gasteiger partial charge in [-0.1, -0.05) is 52.4 Å². The second kappa shape index (κ2) is 9.87. The predicted molar refractivity (Wildman–Crippen MR) is 108 cm³/mol. The van der Waals surface area contributed by atoms with Crippen molar-refractivity contribution < 1.29 is 29.0 Å². The summed E-state index contributed by atoms with van der Waals surface area (Å²) in [6.45, 7) is 20.3. The van der Waals surface area contributed by atoms with Gasteiger partial charge in [-0.3, -0.25) is 0 Å². The fraction of sp³-hybridized carbons (Fsp3) is 0.611. The van der Waals surface area contributed by atoms with E-state index in [1.165, 1.54) is 0 Å². The Morgan fingerprint density at radius 2 is 1.54 bits per heavy atom. The number of ether oxygens (including phenoxy) is 2. The van der Waals surface area contributed by atoms with E-state index in [4.69, 9.17) is 14.6 Å². The molecule has 0 amide bonds. The highest BCUT2D eigenvalue weighted by molar-refractivity contribution is 6.77. The minimum atomic E-state index is -1.37. The van der Waals surface area contributed by atoms with Gasteiger partial charge in [0.15, 0.2) is 0 Å². The van der Waals surface area contributed by atoms with E-state index in [1.54, 1.807) is 0 Å². The van der Waals surface area contributed by atoms with Gasteiger partial charge in [0.1, 0.15) is 0 Å². The monoisotopic (exact) mass is 400 g/mol. The van der Waals surface area contributed by atoms with Crippen molar-refractivity contribution in [3.8, 4) is 0 Å². The Morgan fingerprint density at radius 1 is 1.08 bits per heavy atom. The maximum atomic E-state index is 11.6. The van der Waals surface area contributed by atoms with Gasteiger partial charge in [-0.2, -0.15) is 0 Å². The molecule has 1 fully saturated rings. The van der Waals surface area contributed by atoms with Crippen molar-refractivity contribution in [2.75, 3.05) is 6.61 Å². The summed E-state index contributed by atoms with van der Waals surface area (Å²) in [5.74, 6) is -1.78. The summed E-state index contributed by atoms with van der Waals surface area (Å²) in [5.41, 5.74) is 0.804. The topological polar surface area (TPSA) is 89.9 Å². The SMILES string of the molecule is C=C(C[Si](C)(C)C)C(=O)O.C=C(C[Si](C)(C)C)C(=O)OC1CCOC1=O. The van der Waals surface area contributed by atoms with Crippen molar-refractivity contribution in [2.45, 2.75) is 63.9 Å². The Balaban J connectivity index is 0.000000541. The number of hydrogen-bond acceptors (Lipinski definition) is 5. The Bertz CT molecular complexity index is 569. The molecule has 148 valence electrons. The molecule has 1 N–H and O–H groups in total. The normalized spacial score (nSPS) is 16.8. The molecule has 1 atom stereocenters. The van der Waals surface area contributed by atoms with Crippen molar-refractivity contribution >= 4 is 34.1 Å². The fourth-order valence-electron chi connectivity index (χ4n) is 2.23. The van der Waals surface area contributed by atoms with Crippen LogP contribution in [0.4, 0.5) is 0 Å². The van der Waals surface area contributed by atoms with E-state index in [2.05, 4.69) is 52.4 Å². The van der Waals surface area contributed by atoms with Crippen LogP contribution in [0.25, 0.3) is 0 Å². The van der Waals surface area contributed by atoms with Gasteiger partial charge in [0.2, 0.25) is 6.10 Å². The van der Waals surface area contributed by atoms with Crippen LogP contribution in [0.1, 0.15) is 6.42 Å². The fourth-order valence-corrected chi connectivity index (χ4v) is 5.08. The summed E-state index contributed by atoms with van der Waals surface area (Å²) in [6, 6.07) is 1.37. The number of rotatable bonds is 7. The molecule has 1 saturated heterocycles. The van der Waals surface area contributed by atoms with Crippen LogP contribution in [0, 0.1) is 0 Å². The summed E-state index contributed by atoms with van der Waals surface area (Å²) in [6.07, 6.45) is -0.281. The minimum absolute atomic E-state index is 0.331. The first kappa shape index (κ1) is 24.3. The molecular weight excluding hydrogens is 368 g/mol. The zero-order valence-corrected chi connectivity index (χ0v) is 18.8. The van der Waals surface area contributed by atoms with Crippen LogP contribution in [-0.4, -0.2) is 51.9 Å². The van der Waals surface area contributed by atoms with Crippen molar-refractivity contribution in [1.29, 1.82) is 0 Å². The number of cyclic esters (lactones) is 1. The molecule has 0 aromatic carbocycles. The van der Waals surface area contributed by atoms with Gasteiger partial charge in [-0.05, 0) is 12.1 Å². The summed E-state index contributed by atoms with van der Waals surface area (Å²) in [4.78, 5) is 33.0. The largest absolute Gasteiger partial charge is 0.478 e. The van der Waals surface area contributed by atoms with Crippen LogP contribution in [0.5, 0.6) is 0 Å². The molecule has 0 saturated carbocycles. The van der Waals surface area contributed by atoms with E-state index in [1.807, 2.05) is 0 Å². The molecule has 0 aromatic heterocycles. The lowest BCUT2D eigenvalue weighted by Gasteiger charge is -2.17. The highest BCUT2D eigenvalue weighted by Gasteiger charge is 2.31. The Hall–Kier alpha value is -1.68. The number of carbonyl (C=O) groups excluding carboxylic acids is 2. The lowest BCUT2D eigenvalue weighted by molar-refractivity contribution is -0.157. The van der Waals surface area contributed by atoms with Crippen molar-refractivity contribution in [2.24, 2.45) is 0 Å². The van der Waals surface area contributed by atoms with Gasteiger partial charge >= 0.3 is 17.9 Å². The van der Waals surface area contributed by atoms with E-state index in [-0.39, 0.29) is 0 Å². The van der Waals surface area contributed by atoms with E-state index in [9.17, 15) is 14.4 Å². The molecule has 1 aliphatic heterocycles. The van der Waals surface area contributed by atoms with Gasteiger partial charge in [-0.25, -0.2) is 14.4 Å². The number of carbonyl (C=O) groups is 3. The van der Waals surface area contributed by atoms with Crippen molar-refractivity contribution in [3.05, 3.63) is 24.3 Å². The quantitative estimate of drug-likeness (QED) is 0.398. The summed E-state index contributed by atoms with van der Waals surface area (Å²) in [7, 11) is -2.64. The molecule has 0 radical (unpaired) electrons. The van der Waals surface area contributed by atoms with Crippen molar-refractivity contribution in [3.63, 3.8) is 0 Å². The summed E-state index contributed by atoms with van der Waals surface area (Å²) >= 11 is 0. The molecule has 1 heterocycles. The van der Waals surface area contributed by atoms with Gasteiger partial charge in [-0.15, -0.1) is 0 Å². The van der Waals surface area contributed by atoms with Crippen molar-refractivity contribution in [1.82, 2.24) is 0 Å². The van der Waals surface area contributed by atoms with Crippen LogP contribution in [-0.2, 0) is 23.9 Å². The average molecular weight is 401 g/mol. The number of aliphatic carboxylic acids is 1. The molecule has 8 heteroatoms. The molecule has 1 unspecified atom stereocenters. The van der Waals surface area contributed by atoms with Gasteiger partial charge in [0.05, 0.1) is 6.61 Å². The highest BCUT2D eigenvalue weighted by atomic mass is 28.3. The molecule has 6 nitrogen and oxygen atoms in total. The molecule has 1 aliphatic rings. The average Bonchev–Trinajstić information content (AvgIpc) is 2.81. The molecule has 26 heavy (non-hydrogen) atoms.